The lowest BCUT2D eigenvalue weighted by atomic mass is 10.2. The van der Waals surface area contributed by atoms with Crippen LogP contribution in [-0.2, 0) is 4.74 Å². The van der Waals surface area contributed by atoms with E-state index in [-0.39, 0.29) is 13.0 Å². The van der Waals surface area contributed by atoms with Gasteiger partial charge in [0.2, 0.25) is 0 Å². The Morgan fingerprint density at radius 3 is 2.79 bits per heavy atom. The molecule has 2 heterocycles. The van der Waals surface area contributed by atoms with Crippen LogP contribution in [0.1, 0.15) is 18.2 Å². The zero-order valence-electron chi connectivity index (χ0n) is 15.5. The van der Waals surface area contributed by atoms with Crippen LogP contribution in [0.3, 0.4) is 0 Å². The van der Waals surface area contributed by atoms with Gasteiger partial charge in [-0.15, -0.1) is 0 Å². The maximum Gasteiger partial charge on any atom is 0.330 e. The fraction of sp³-hybridized carbons (Fsp3) is 0.389. The van der Waals surface area contributed by atoms with Gasteiger partial charge in [-0.3, -0.25) is 14.3 Å². The number of H-pyrrole nitrogens is 1. The molecular formula is C18H22N4O5S. The Kier molecular flexibility index (Phi) is 6.12. The Hall–Kier alpha value is -2.69. The summed E-state index contributed by atoms with van der Waals surface area (Å²) in [5.41, 5.74) is 0.175. The number of aromatic amines is 1. The molecule has 1 fully saturated rings. The first-order valence-electron chi connectivity index (χ1n) is 8.72. The van der Waals surface area contributed by atoms with Crippen LogP contribution in [0.15, 0.2) is 40.1 Å². The van der Waals surface area contributed by atoms with Crippen molar-refractivity contribution in [2.45, 2.75) is 31.8 Å². The molecule has 10 heteroatoms. The number of methoxy groups -OCH3 is 1. The number of aliphatic hydroxyl groups excluding tert-OH is 1. The third kappa shape index (κ3) is 4.58. The number of nitrogens with one attached hydrogen (secondary N) is 3. The third-order valence-corrected chi connectivity index (χ3v) is 4.72. The summed E-state index contributed by atoms with van der Waals surface area (Å²) in [4.78, 5) is 25.7. The van der Waals surface area contributed by atoms with Crippen molar-refractivity contribution in [2.24, 2.45) is 0 Å². The molecule has 1 aromatic heterocycles. The smallest absolute Gasteiger partial charge is 0.330 e. The second-order valence-corrected chi connectivity index (χ2v) is 6.88. The minimum Gasteiger partial charge on any atom is -0.497 e. The Morgan fingerprint density at radius 1 is 1.39 bits per heavy atom. The van der Waals surface area contributed by atoms with Crippen LogP contribution in [0.4, 0.5) is 5.69 Å². The van der Waals surface area contributed by atoms with Gasteiger partial charge in [0.15, 0.2) is 5.11 Å². The van der Waals surface area contributed by atoms with E-state index in [1.807, 2.05) is 24.3 Å². The fourth-order valence-corrected chi connectivity index (χ4v) is 3.11. The van der Waals surface area contributed by atoms with Crippen LogP contribution >= 0.6 is 12.2 Å². The summed E-state index contributed by atoms with van der Waals surface area (Å²) in [5.74, 6) is 0.741. The Labute approximate surface area is 166 Å². The van der Waals surface area contributed by atoms with Gasteiger partial charge in [-0.25, -0.2) is 4.79 Å². The lowest BCUT2D eigenvalue weighted by Gasteiger charge is -2.18. The molecule has 1 aliphatic rings. The largest absolute Gasteiger partial charge is 0.497 e. The van der Waals surface area contributed by atoms with E-state index < -0.39 is 29.7 Å². The number of hydrogen-bond acceptors (Lipinski definition) is 6. The highest BCUT2D eigenvalue weighted by Crippen LogP contribution is 2.27. The van der Waals surface area contributed by atoms with E-state index in [2.05, 4.69) is 15.6 Å². The molecule has 150 valence electrons. The lowest BCUT2D eigenvalue weighted by molar-refractivity contribution is -0.0172. The van der Waals surface area contributed by atoms with Crippen molar-refractivity contribution in [1.29, 1.82) is 0 Å². The molecule has 0 amide bonds. The SMILES string of the molecule is COc1ccc(NC(=S)NC[C@H]2O[C@H](n3cc(C)c(=O)[nH]c3=O)C[C@@H]2O)cc1. The minimum absolute atomic E-state index is 0.233. The summed E-state index contributed by atoms with van der Waals surface area (Å²) in [6, 6.07) is 7.27. The second kappa shape index (κ2) is 8.55. The van der Waals surface area contributed by atoms with Gasteiger partial charge < -0.3 is 25.2 Å². The number of anilines is 1. The van der Waals surface area contributed by atoms with E-state index in [0.29, 0.717) is 10.7 Å². The van der Waals surface area contributed by atoms with E-state index in [9.17, 15) is 14.7 Å². The topological polar surface area (TPSA) is 118 Å². The molecule has 0 bridgehead atoms. The number of benzene rings is 1. The monoisotopic (exact) mass is 406 g/mol. The minimum atomic E-state index is -0.777. The standard InChI is InChI=1S/C18H22N4O5S/c1-10-9-22(18(25)21-16(10)24)15-7-13(23)14(27-15)8-19-17(28)20-11-3-5-12(26-2)6-4-11/h3-6,9,13-15,23H,7-8H2,1-2H3,(H2,19,20,28)(H,21,24,25)/t13-,14+,15-/m0/s1. The maximum atomic E-state index is 12.0. The van der Waals surface area contributed by atoms with Crippen molar-refractivity contribution in [1.82, 2.24) is 14.9 Å². The van der Waals surface area contributed by atoms with Gasteiger partial charge in [-0.2, -0.15) is 0 Å². The van der Waals surface area contributed by atoms with Gasteiger partial charge in [-0.1, -0.05) is 0 Å². The molecule has 2 aromatic rings. The highest BCUT2D eigenvalue weighted by Gasteiger charge is 2.35. The Morgan fingerprint density at radius 2 is 2.11 bits per heavy atom. The average molecular weight is 406 g/mol. The lowest BCUT2D eigenvalue weighted by Crippen LogP contribution is -2.39. The van der Waals surface area contributed by atoms with E-state index >= 15 is 0 Å². The Bertz CT molecular complexity index is 956. The van der Waals surface area contributed by atoms with Gasteiger partial charge in [-0.05, 0) is 43.4 Å². The predicted octanol–water partition coefficient (Wildman–Crippen LogP) is 0.489. The molecule has 3 rings (SSSR count). The number of aromatic nitrogens is 2. The molecule has 0 spiro atoms. The van der Waals surface area contributed by atoms with E-state index in [1.165, 1.54) is 10.8 Å². The van der Waals surface area contributed by atoms with Crippen molar-refractivity contribution in [3.05, 3.63) is 56.9 Å². The molecule has 1 aliphatic heterocycles. The van der Waals surface area contributed by atoms with E-state index in [1.54, 1.807) is 14.0 Å². The summed E-state index contributed by atoms with van der Waals surface area (Å²) < 4.78 is 12.2. The van der Waals surface area contributed by atoms with Crippen LogP contribution in [0.5, 0.6) is 5.75 Å². The van der Waals surface area contributed by atoms with Crippen molar-refractivity contribution < 1.29 is 14.6 Å². The number of aliphatic hydroxyl groups is 1. The first-order valence-corrected chi connectivity index (χ1v) is 9.12. The van der Waals surface area contributed by atoms with E-state index in [0.717, 1.165) is 11.4 Å². The maximum absolute atomic E-state index is 12.0. The first kappa shape index (κ1) is 20.1. The zero-order valence-corrected chi connectivity index (χ0v) is 16.3. The van der Waals surface area contributed by atoms with Crippen LogP contribution in [-0.4, -0.2) is 45.6 Å². The van der Waals surface area contributed by atoms with Crippen LogP contribution in [0, 0.1) is 6.92 Å². The average Bonchev–Trinajstić information content (AvgIpc) is 3.04. The molecule has 0 radical (unpaired) electrons. The van der Waals surface area contributed by atoms with Crippen LogP contribution in [0.2, 0.25) is 0 Å². The normalized spacial score (nSPS) is 21.3. The number of thiocarbonyl (C=S) groups is 1. The first-order chi connectivity index (χ1) is 13.4. The number of hydrogen-bond donors (Lipinski definition) is 4. The summed E-state index contributed by atoms with van der Waals surface area (Å²) in [7, 11) is 1.59. The van der Waals surface area contributed by atoms with Crippen molar-refractivity contribution in [3.8, 4) is 5.75 Å². The summed E-state index contributed by atoms with van der Waals surface area (Å²) in [6.07, 6.45) is -0.325. The van der Waals surface area contributed by atoms with Crippen molar-refractivity contribution in [2.75, 3.05) is 19.0 Å². The molecule has 1 saturated heterocycles. The van der Waals surface area contributed by atoms with Gasteiger partial charge in [0, 0.05) is 30.4 Å². The zero-order chi connectivity index (χ0) is 20.3. The molecule has 9 nitrogen and oxygen atoms in total. The predicted molar refractivity (Wildman–Crippen MR) is 108 cm³/mol. The number of aryl methyl sites for hydroxylation is 1. The highest BCUT2D eigenvalue weighted by molar-refractivity contribution is 7.80. The molecule has 0 aliphatic carbocycles. The van der Waals surface area contributed by atoms with E-state index in [4.69, 9.17) is 21.7 Å². The van der Waals surface area contributed by atoms with Crippen molar-refractivity contribution >= 4 is 23.0 Å². The number of rotatable bonds is 5. The van der Waals surface area contributed by atoms with Crippen LogP contribution < -0.4 is 26.6 Å². The number of nitrogens with zero attached hydrogens (tertiary/aromatic N) is 1. The summed E-state index contributed by atoms with van der Waals surface area (Å²) >= 11 is 5.26. The molecular weight excluding hydrogens is 384 g/mol. The summed E-state index contributed by atoms with van der Waals surface area (Å²) in [5, 5.41) is 16.7. The molecule has 4 N–H and O–H groups in total. The molecule has 3 atom stereocenters. The molecule has 28 heavy (non-hydrogen) atoms. The number of ether oxygens (including phenoxy) is 2. The van der Waals surface area contributed by atoms with Crippen LogP contribution in [0.25, 0.3) is 0 Å². The van der Waals surface area contributed by atoms with Gasteiger partial charge in [0.05, 0.1) is 13.2 Å². The molecule has 1 aromatic carbocycles. The second-order valence-electron chi connectivity index (χ2n) is 6.47. The van der Waals surface area contributed by atoms with Gasteiger partial charge in [0.1, 0.15) is 18.1 Å². The van der Waals surface area contributed by atoms with Gasteiger partial charge in [0.25, 0.3) is 5.56 Å². The third-order valence-electron chi connectivity index (χ3n) is 4.47. The molecule has 0 unspecified atom stereocenters. The molecule has 0 saturated carbocycles. The quantitative estimate of drug-likeness (QED) is 0.530. The van der Waals surface area contributed by atoms with Crippen molar-refractivity contribution in [3.63, 3.8) is 0 Å². The fourth-order valence-electron chi connectivity index (χ4n) is 2.91. The summed E-state index contributed by atoms with van der Waals surface area (Å²) in [6.45, 7) is 1.86. The van der Waals surface area contributed by atoms with Gasteiger partial charge >= 0.3 is 5.69 Å². The highest BCUT2D eigenvalue weighted by atomic mass is 32.1. The Balaban J connectivity index is 1.56.